The van der Waals surface area contributed by atoms with Crippen LogP contribution in [0.2, 0.25) is 0 Å². The summed E-state index contributed by atoms with van der Waals surface area (Å²) in [6, 6.07) is 12.9. The summed E-state index contributed by atoms with van der Waals surface area (Å²) in [5, 5.41) is 7.59. The predicted octanol–water partition coefficient (Wildman–Crippen LogP) is 4.02. The van der Waals surface area contributed by atoms with Crippen LogP contribution in [0.5, 0.6) is 0 Å². The molecule has 0 fully saturated rings. The number of nitrogens with one attached hydrogen (secondary N) is 1. The van der Waals surface area contributed by atoms with Crippen molar-refractivity contribution in [1.29, 1.82) is 0 Å². The van der Waals surface area contributed by atoms with E-state index in [1.807, 2.05) is 13.8 Å². The van der Waals surface area contributed by atoms with Crippen LogP contribution in [0.15, 0.2) is 59.4 Å². The van der Waals surface area contributed by atoms with E-state index in [0.717, 1.165) is 5.01 Å². The van der Waals surface area contributed by atoms with Gasteiger partial charge >= 0.3 is 5.97 Å². The molecule has 0 aliphatic carbocycles. The number of ether oxygens (including phenoxy) is 1. The van der Waals surface area contributed by atoms with Crippen molar-refractivity contribution in [2.24, 2.45) is 0 Å². The fourth-order valence-corrected chi connectivity index (χ4v) is 3.89. The molecule has 0 spiro atoms. The van der Waals surface area contributed by atoms with Crippen LogP contribution in [0.3, 0.4) is 0 Å². The molecule has 4 aromatic rings. The van der Waals surface area contributed by atoms with Gasteiger partial charge in [-0.2, -0.15) is 9.61 Å². The van der Waals surface area contributed by atoms with Gasteiger partial charge in [-0.15, -0.1) is 0 Å². The average molecular weight is 466 g/mol. The van der Waals surface area contributed by atoms with E-state index in [0.29, 0.717) is 16.3 Å². The topological polar surface area (TPSA) is 103 Å². The van der Waals surface area contributed by atoms with E-state index in [9.17, 15) is 18.8 Å². The first kappa shape index (κ1) is 22.3. The quantitative estimate of drug-likeness (QED) is 0.431. The van der Waals surface area contributed by atoms with E-state index in [1.54, 1.807) is 18.2 Å². The second kappa shape index (κ2) is 9.29. The number of hydrogen-bond donors (Lipinski definition) is 1. The number of esters is 1. The maximum Gasteiger partial charge on any atom is 0.338 e. The molecule has 33 heavy (non-hydrogen) atoms. The van der Waals surface area contributed by atoms with Crippen molar-refractivity contribution in [2.75, 3.05) is 5.32 Å². The van der Waals surface area contributed by atoms with Gasteiger partial charge in [-0.05, 0) is 30.3 Å². The minimum Gasteiger partial charge on any atom is -0.456 e. The molecule has 8 nitrogen and oxygen atoms in total. The zero-order valence-corrected chi connectivity index (χ0v) is 18.6. The van der Waals surface area contributed by atoms with Crippen molar-refractivity contribution in [3.8, 4) is 0 Å². The van der Waals surface area contributed by atoms with E-state index < -0.39 is 17.7 Å². The van der Waals surface area contributed by atoms with Gasteiger partial charge in [-0.3, -0.25) is 9.59 Å². The number of hydrogen-bond acceptors (Lipinski definition) is 7. The lowest BCUT2D eigenvalue weighted by molar-refractivity contribution is 0.0467. The second-order valence-electron chi connectivity index (χ2n) is 7.47. The highest BCUT2D eigenvalue weighted by molar-refractivity contribution is 7.16. The second-order valence-corrected chi connectivity index (χ2v) is 8.45. The molecular weight excluding hydrogens is 447 g/mol. The summed E-state index contributed by atoms with van der Waals surface area (Å²) in [7, 11) is 0. The van der Waals surface area contributed by atoms with E-state index in [2.05, 4.69) is 15.4 Å². The van der Waals surface area contributed by atoms with Crippen LogP contribution in [0.4, 0.5) is 10.1 Å². The standard InChI is InChI=1S/C23H19FN4O4S/c1-13(2)21-27-28-19(29)11-16(26-23(28)33-21)12-32-22(31)14-6-5-7-15(10-14)25-20(30)17-8-3-4-9-18(17)24/h3-11,13H,12H2,1-2H3,(H,25,30). The van der Waals surface area contributed by atoms with Gasteiger partial charge in [-0.25, -0.2) is 14.2 Å². The summed E-state index contributed by atoms with van der Waals surface area (Å²) in [6.45, 7) is 3.74. The molecule has 0 bridgehead atoms. The molecule has 0 aliphatic rings. The molecule has 2 aromatic heterocycles. The van der Waals surface area contributed by atoms with Crippen molar-refractivity contribution < 1.29 is 18.7 Å². The van der Waals surface area contributed by atoms with Gasteiger partial charge in [0.05, 0.1) is 16.8 Å². The zero-order valence-electron chi connectivity index (χ0n) is 17.7. The fourth-order valence-electron chi connectivity index (χ4n) is 2.97. The number of amides is 1. The van der Waals surface area contributed by atoms with Crippen molar-refractivity contribution in [3.63, 3.8) is 0 Å². The highest BCUT2D eigenvalue weighted by Crippen LogP contribution is 2.20. The minimum atomic E-state index is -0.661. The number of carbonyl (C=O) groups is 2. The van der Waals surface area contributed by atoms with Crippen LogP contribution >= 0.6 is 11.3 Å². The molecule has 0 saturated heterocycles. The van der Waals surface area contributed by atoms with E-state index in [1.165, 1.54) is 52.3 Å². The van der Waals surface area contributed by atoms with Gasteiger partial charge in [0, 0.05) is 17.7 Å². The van der Waals surface area contributed by atoms with Gasteiger partial charge < -0.3 is 10.1 Å². The molecule has 4 rings (SSSR count). The van der Waals surface area contributed by atoms with Crippen LogP contribution in [-0.4, -0.2) is 26.5 Å². The van der Waals surface area contributed by atoms with Gasteiger partial charge in [0.1, 0.15) is 17.4 Å². The highest BCUT2D eigenvalue weighted by atomic mass is 32.1. The monoisotopic (exact) mass is 466 g/mol. The first-order valence-electron chi connectivity index (χ1n) is 10.0. The zero-order chi connectivity index (χ0) is 23.5. The average Bonchev–Trinajstić information content (AvgIpc) is 3.23. The summed E-state index contributed by atoms with van der Waals surface area (Å²) in [5.41, 5.74) is 0.325. The summed E-state index contributed by atoms with van der Waals surface area (Å²) in [6.07, 6.45) is 0. The van der Waals surface area contributed by atoms with Crippen LogP contribution in [-0.2, 0) is 11.3 Å². The number of rotatable bonds is 6. The largest absolute Gasteiger partial charge is 0.456 e. The van der Waals surface area contributed by atoms with Crippen molar-refractivity contribution >= 4 is 33.9 Å². The molecule has 1 amide bonds. The lowest BCUT2D eigenvalue weighted by Crippen LogP contribution is -2.17. The minimum absolute atomic E-state index is 0.109. The van der Waals surface area contributed by atoms with Gasteiger partial charge in [-0.1, -0.05) is 43.4 Å². The highest BCUT2D eigenvalue weighted by Gasteiger charge is 2.15. The Hall–Kier alpha value is -3.92. The van der Waals surface area contributed by atoms with Crippen molar-refractivity contribution in [1.82, 2.24) is 14.6 Å². The Morgan fingerprint density at radius 2 is 1.94 bits per heavy atom. The molecule has 0 atom stereocenters. The predicted molar refractivity (Wildman–Crippen MR) is 121 cm³/mol. The Bertz CT molecular complexity index is 1410. The Kier molecular flexibility index (Phi) is 6.27. The Balaban J connectivity index is 1.45. The number of nitrogens with zero attached hydrogens (tertiary/aromatic N) is 3. The van der Waals surface area contributed by atoms with Crippen LogP contribution in [0, 0.1) is 5.82 Å². The Morgan fingerprint density at radius 3 is 2.70 bits per heavy atom. The number of anilines is 1. The molecule has 0 saturated carbocycles. The van der Waals surface area contributed by atoms with Crippen molar-refractivity contribution in [2.45, 2.75) is 26.4 Å². The first-order chi connectivity index (χ1) is 15.8. The third kappa shape index (κ3) is 4.96. The summed E-state index contributed by atoms with van der Waals surface area (Å²) < 4.78 is 20.3. The lowest BCUT2D eigenvalue weighted by Gasteiger charge is -2.08. The fraction of sp³-hybridized carbons (Fsp3) is 0.174. The molecule has 0 unspecified atom stereocenters. The number of carbonyl (C=O) groups excluding carboxylic acids is 2. The molecule has 168 valence electrons. The molecular formula is C23H19FN4O4S. The van der Waals surface area contributed by atoms with Crippen LogP contribution in [0.25, 0.3) is 4.96 Å². The molecule has 2 aromatic carbocycles. The molecule has 2 heterocycles. The number of halogens is 1. The number of fused-ring (bicyclic) bond motifs is 1. The van der Waals surface area contributed by atoms with Crippen LogP contribution in [0.1, 0.15) is 51.2 Å². The SMILES string of the molecule is CC(C)c1nn2c(=O)cc(COC(=O)c3cccc(NC(=O)c4ccccc4F)c3)nc2s1. The number of aromatic nitrogens is 3. The first-order valence-corrected chi connectivity index (χ1v) is 10.9. The summed E-state index contributed by atoms with van der Waals surface area (Å²) in [4.78, 5) is 41.9. The van der Waals surface area contributed by atoms with Crippen molar-refractivity contribution in [3.05, 3.63) is 92.6 Å². The Morgan fingerprint density at radius 1 is 1.15 bits per heavy atom. The Labute approximate surface area is 191 Å². The number of benzene rings is 2. The third-order valence-electron chi connectivity index (χ3n) is 4.63. The van der Waals surface area contributed by atoms with Crippen LogP contribution < -0.4 is 10.9 Å². The van der Waals surface area contributed by atoms with E-state index in [4.69, 9.17) is 4.74 Å². The molecule has 0 radical (unpaired) electrons. The van der Waals surface area contributed by atoms with E-state index >= 15 is 0 Å². The maximum absolute atomic E-state index is 13.8. The van der Waals surface area contributed by atoms with Gasteiger partial charge in [0.15, 0.2) is 0 Å². The summed E-state index contributed by atoms with van der Waals surface area (Å²) >= 11 is 1.30. The maximum atomic E-state index is 13.8. The van der Waals surface area contributed by atoms with Gasteiger partial charge in [0.25, 0.3) is 11.5 Å². The summed E-state index contributed by atoms with van der Waals surface area (Å²) in [5.74, 6) is -1.79. The molecule has 1 N–H and O–H groups in total. The third-order valence-corrected chi connectivity index (χ3v) is 5.84. The normalized spacial score (nSPS) is 11.0. The lowest BCUT2D eigenvalue weighted by atomic mass is 10.1. The van der Waals surface area contributed by atoms with Gasteiger partial charge in [0.2, 0.25) is 4.96 Å². The molecule has 10 heteroatoms. The van der Waals surface area contributed by atoms with E-state index in [-0.39, 0.29) is 29.2 Å². The molecule has 0 aliphatic heterocycles. The smallest absolute Gasteiger partial charge is 0.338 e.